The average Bonchev–Trinajstić information content (AvgIpc) is 3.35. The molecular formula is C24H28N3O3+. The molecule has 0 saturated carbocycles. The minimum Gasteiger partial charge on any atom is -0.497 e. The maximum atomic E-state index is 12.9. The SMILES string of the molecule is COc1ccc(N2CCN(C(=O)C[NH2+][C@H](c3ccccc3)c3ccco3)CC2)cc1. The second-order valence-corrected chi connectivity index (χ2v) is 7.41. The van der Waals surface area contributed by atoms with Gasteiger partial charge in [-0.05, 0) is 36.4 Å². The molecule has 156 valence electrons. The molecule has 6 heteroatoms. The molecule has 4 rings (SSSR count). The summed E-state index contributed by atoms with van der Waals surface area (Å²) in [4.78, 5) is 17.1. The molecule has 2 aromatic carbocycles. The smallest absolute Gasteiger partial charge is 0.277 e. The number of nitrogens with zero attached hydrogens (tertiary/aromatic N) is 2. The zero-order chi connectivity index (χ0) is 20.8. The van der Waals surface area contributed by atoms with Gasteiger partial charge in [0, 0.05) is 37.4 Å². The maximum Gasteiger partial charge on any atom is 0.277 e. The Kier molecular flexibility index (Phi) is 6.35. The van der Waals surface area contributed by atoms with E-state index >= 15 is 0 Å². The summed E-state index contributed by atoms with van der Waals surface area (Å²) >= 11 is 0. The lowest BCUT2D eigenvalue weighted by atomic mass is 10.0. The highest BCUT2D eigenvalue weighted by Gasteiger charge is 2.26. The number of hydrogen-bond acceptors (Lipinski definition) is 4. The quantitative estimate of drug-likeness (QED) is 0.654. The third-order valence-electron chi connectivity index (χ3n) is 5.61. The summed E-state index contributed by atoms with van der Waals surface area (Å²) in [6.07, 6.45) is 1.68. The highest BCUT2D eigenvalue weighted by atomic mass is 16.5. The van der Waals surface area contributed by atoms with Gasteiger partial charge in [-0.15, -0.1) is 0 Å². The largest absolute Gasteiger partial charge is 0.497 e. The summed E-state index contributed by atoms with van der Waals surface area (Å²) in [7, 11) is 1.67. The van der Waals surface area contributed by atoms with Crippen LogP contribution in [0.2, 0.25) is 0 Å². The number of piperazine rings is 1. The Morgan fingerprint density at radius 1 is 1.00 bits per heavy atom. The molecular weight excluding hydrogens is 378 g/mol. The van der Waals surface area contributed by atoms with E-state index in [1.54, 1.807) is 13.4 Å². The summed E-state index contributed by atoms with van der Waals surface area (Å²) in [5, 5.41) is 2.06. The van der Waals surface area contributed by atoms with E-state index in [0.717, 1.165) is 48.9 Å². The number of quaternary nitrogens is 1. The summed E-state index contributed by atoms with van der Waals surface area (Å²) < 4.78 is 10.9. The van der Waals surface area contributed by atoms with Gasteiger partial charge < -0.3 is 24.3 Å². The van der Waals surface area contributed by atoms with Crippen molar-refractivity contribution in [3.63, 3.8) is 0 Å². The fraction of sp³-hybridized carbons (Fsp3) is 0.292. The van der Waals surface area contributed by atoms with Crippen molar-refractivity contribution in [1.82, 2.24) is 4.90 Å². The number of carbonyl (C=O) groups excluding carboxylic acids is 1. The number of carbonyl (C=O) groups is 1. The van der Waals surface area contributed by atoms with Crippen LogP contribution in [0, 0.1) is 0 Å². The molecule has 0 unspecified atom stereocenters. The first-order valence-electron chi connectivity index (χ1n) is 10.3. The third-order valence-corrected chi connectivity index (χ3v) is 5.61. The van der Waals surface area contributed by atoms with Gasteiger partial charge in [0.2, 0.25) is 0 Å². The molecule has 1 fully saturated rings. The van der Waals surface area contributed by atoms with Crippen LogP contribution in [0.1, 0.15) is 17.4 Å². The lowest BCUT2D eigenvalue weighted by molar-refractivity contribution is -0.679. The fourth-order valence-electron chi connectivity index (χ4n) is 3.90. The molecule has 3 aromatic rings. The number of methoxy groups -OCH3 is 1. The predicted molar refractivity (Wildman–Crippen MR) is 116 cm³/mol. The topological polar surface area (TPSA) is 62.5 Å². The number of anilines is 1. The number of nitrogens with two attached hydrogens (primary N) is 1. The summed E-state index contributed by atoms with van der Waals surface area (Å²) in [6, 6.07) is 22.1. The first-order chi connectivity index (χ1) is 14.7. The number of hydrogen-bond donors (Lipinski definition) is 1. The minimum atomic E-state index is -0.0225. The Balaban J connectivity index is 1.33. The number of furan rings is 1. The first-order valence-corrected chi connectivity index (χ1v) is 10.3. The van der Waals surface area contributed by atoms with Crippen molar-refractivity contribution in [3.8, 4) is 5.75 Å². The van der Waals surface area contributed by atoms with Gasteiger partial charge in [0.1, 0.15) is 5.75 Å². The summed E-state index contributed by atoms with van der Waals surface area (Å²) in [5.41, 5.74) is 2.29. The van der Waals surface area contributed by atoms with E-state index in [-0.39, 0.29) is 11.9 Å². The van der Waals surface area contributed by atoms with Gasteiger partial charge >= 0.3 is 0 Å². The number of ether oxygens (including phenoxy) is 1. The van der Waals surface area contributed by atoms with Gasteiger partial charge in [-0.3, -0.25) is 4.79 Å². The van der Waals surface area contributed by atoms with Crippen LogP contribution in [0.3, 0.4) is 0 Å². The third kappa shape index (κ3) is 4.66. The Bertz CT molecular complexity index is 918. The zero-order valence-electron chi connectivity index (χ0n) is 17.2. The van der Waals surface area contributed by atoms with Gasteiger partial charge in [0.25, 0.3) is 5.91 Å². The van der Waals surface area contributed by atoms with Crippen LogP contribution in [0.5, 0.6) is 5.75 Å². The zero-order valence-corrected chi connectivity index (χ0v) is 17.2. The monoisotopic (exact) mass is 406 g/mol. The minimum absolute atomic E-state index is 0.0225. The van der Waals surface area contributed by atoms with Crippen molar-refractivity contribution in [2.24, 2.45) is 0 Å². The Morgan fingerprint density at radius 3 is 2.37 bits per heavy atom. The molecule has 0 aliphatic carbocycles. The van der Waals surface area contributed by atoms with Crippen molar-refractivity contribution < 1.29 is 19.3 Å². The molecule has 1 amide bonds. The van der Waals surface area contributed by atoms with E-state index in [1.807, 2.05) is 47.4 Å². The number of amides is 1. The molecule has 1 aliphatic heterocycles. The highest BCUT2D eigenvalue weighted by Crippen LogP contribution is 2.21. The summed E-state index contributed by atoms with van der Waals surface area (Å²) in [5.74, 6) is 1.88. The van der Waals surface area contributed by atoms with E-state index < -0.39 is 0 Å². The molecule has 0 radical (unpaired) electrons. The van der Waals surface area contributed by atoms with Gasteiger partial charge in [0.05, 0.1) is 13.4 Å². The standard InChI is InChI=1S/C24H27N3O3/c1-29-21-11-9-20(10-12-21)26-13-15-27(16-14-26)23(28)18-25-24(22-8-5-17-30-22)19-6-3-2-4-7-19/h2-12,17,24-25H,13-16,18H2,1H3/p+1/t24-/m1/s1. The lowest BCUT2D eigenvalue weighted by Crippen LogP contribution is -2.88. The number of rotatable bonds is 7. The molecule has 2 heterocycles. The van der Waals surface area contributed by atoms with Gasteiger partial charge in [-0.2, -0.15) is 0 Å². The molecule has 1 aliphatic rings. The summed E-state index contributed by atoms with van der Waals surface area (Å²) in [6.45, 7) is 3.52. The van der Waals surface area contributed by atoms with Crippen LogP contribution < -0.4 is 15.0 Å². The van der Waals surface area contributed by atoms with Gasteiger partial charge in [0.15, 0.2) is 18.3 Å². The van der Waals surface area contributed by atoms with Crippen LogP contribution in [-0.2, 0) is 4.79 Å². The van der Waals surface area contributed by atoms with Gasteiger partial charge in [-0.25, -0.2) is 0 Å². The second-order valence-electron chi connectivity index (χ2n) is 7.41. The predicted octanol–water partition coefficient (Wildman–Crippen LogP) is 2.29. The first kappa shape index (κ1) is 20.0. The van der Waals surface area contributed by atoms with Crippen molar-refractivity contribution in [2.75, 3.05) is 44.7 Å². The van der Waals surface area contributed by atoms with E-state index in [1.165, 1.54) is 0 Å². The normalized spacial score (nSPS) is 15.1. The van der Waals surface area contributed by atoms with Crippen molar-refractivity contribution in [2.45, 2.75) is 6.04 Å². The Labute approximate surface area is 177 Å². The van der Waals surface area contributed by atoms with Crippen molar-refractivity contribution >= 4 is 11.6 Å². The molecule has 0 bridgehead atoms. The van der Waals surface area contributed by atoms with Gasteiger partial charge in [-0.1, -0.05) is 30.3 Å². The molecule has 2 N–H and O–H groups in total. The second kappa shape index (κ2) is 9.50. The Morgan fingerprint density at radius 2 is 1.73 bits per heavy atom. The fourth-order valence-corrected chi connectivity index (χ4v) is 3.90. The van der Waals surface area contributed by atoms with Crippen LogP contribution in [-0.4, -0.2) is 50.6 Å². The lowest BCUT2D eigenvalue weighted by Gasteiger charge is -2.36. The van der Waals surface area contributed by atoms with E-state index in [2.05, 4.69) is 34.5 Å². The van der Waals surface area contributed by atoms with E-state index in [0.29, 0.717) is 6.54 Å². The highest BCUT2D eigenvalue weighted by molar-refractivity contribution is 5.77. The average molecular weight is 407 g/mol. The maximum absolute atomic E-state index is 12.9. The molecule has 1 aromatic heterocycles. The van der Waals surface area contributed by atoms with Crippen LogP contribution in [0.25, 0.3) is 0 Å². The molecule has 1 saturated heterocycles. The molecule has 1 atom stereocenters. The van der Waals surface area contributed by atoms with E-state index in [4.69, 9.17) is 9.15 Å². The van der Waals surface area contributed by atoms with Crippen LogP contribution >= 0.6 is 0 Å². The van der Waals surface area contributed by atoms with Crippen LogP contribution in [0.15, 0.2) is 77.4 Å². The Hall–Kier alpha value is -3.25. The van der Waals surface area contributed by atoms with Crippen molar-refractivity contribution in [3.05, 3.63) is 84.3 Å². The molecule has 0 spiro atoms. The number of benzene rings is 2. The van der Waals surface area contributed by atoms with E-state index in [9.17, 15) is 4.79 Å². The van der Waals surface area contributed by atoms with Crippen molar-refractivity contribution in [1.29, 1.82) is 0 Å². The molecule has 6 nitrogen and oxygen atoms in total. The van der Waals surface area contributed by atoms with Crippen LogP contribution in [0.4, 0.5) is 5.69 Å². The molecule has 30 heavy (non-hydrogen) atoms.